The average molecular weight is 459 g/mol. The molecule has 3 N–H and O–H groups in total. The Kier molecular flexibility index (Phi) is 8.72. The van der Waals surface area contributed by atoms with Crippen LogP contribution in [0, 0.1) is 6.92 Å². The summed E-state index contributed by atoms with van der Waals surface area (Å²) in [5.41, 5.74) is 2.41. The van der Waals surface area contributed by atoms with Crippen LogP contribution in [-0.4, -0.2) is 24.2 Å². The van der Waals surface area contributed by atoms with Crippen molar-refractivity contribution in [3.8, 4) is 0 Å². The van der Waals surface area contributed by atoms with Gasteiger partial charge < -0.3 is 15.7 Å². The Morgan fingerprint density at radius 3 is 2.50 bits per heavy atom. The molecule has 2 aromatic rings. The van der Waals surface area contributed by atoms with Gasteiger partial charge in [-0.25, -0.2) is 4.99 Å². The van der Waals surface area contributed by atoms with Crippen molar-refractivity contribution in [3.63, 3.8) is 0 Å². The third-order valence-corrected chi connectivity index (χ3v) is 4.31. The quantitative estimate of drug-likeness (QED) is 0.351. The molecule has 1 aromatic carbocycles. The minimum atomic E-state index is -0.917. The molecule has 1 unspecified atom stereocenters. The summed E-state index contributed by atoms with van der Waals surface area (Å²) in [6.07, 6.45) is 0. The molecule has 24 heavy (non-hydrogen) atoms. The van der Waals surface area contributed by atoms with Crippen LogP contribution < -0.4 is 10.6 Å². The van der Waals surface area contributed by atoms with Gasteiger partial charge in [-0.1, -0.05) is 29.8 Å². The zero-order chi connectivity index (χ0) is 16.7. The van der Waals surface area contributed by atoms with Crippen molar-refractivity contribution < 1.29 is 5.11 Å². The Hall–Kier alpha value is -1.12. The van der Waals surface area contributed by atoms with Gasteiger partial charge in [-0.15, -0.1) is 24.0 Å². The molecule has 2 rings (SSSR count). The van der Waals surface area contributed by atoms with E-state index in [-0.39, 0.29) is 24.0 Å². The van der Waals surface area contributed by atoms with E-state index in [1.807, 2.05) is 30.7 Å². The SMILES string of the molecule is CCNC(=NCc1ccc(C)cc1)NCC(C)(O)c1ccsc1.I. The fourth-order valence-corrected chi connectivity index (χ4v) is 2.92. The van der Waals surface area contributed by atoms with Gasteiger partial charge in [0.05, 0.1) is 13.1 Å². The minimum absolute atomic E-state index is 0. The average Bonchev–Trinajstić information content (AvgIpc) is 3.07. The second-order valence-electron chi connectivity index (χ2n) is 5.82. The van der Waals surface area contributed by atoms with E-state index in [4.69, 9.17) is 0 Å². The van der Waals surface area contributed by atoms with E-state index >= 15 is 0 Å². The fraction of sp³-hybridized carbons (Fsp3) is 0.389. The number of aliphatic hydroxyl groups is 1. The highest BCUT2D eigenvalue weighted by Crippen LogP contribution is 2.21. The molecule has 0 spiro atoms. The Morgan fingerprint density at radius 1 is 1.21 bits per heavy atom. The number of hydrogen-bond donors (Lipinski definition) is 3. The Morgan fingerprint density at radius 2 is 1.92 bits per heavy atom. The van der Waals surface area contributed by atoms with Gasteiger partial charge in [0.15, 0.2) is 5.96 Å². The maximum absolute atomic E-state index is 10.6. The van der Waals surface area contributed by atoms with Crippen LogP contribution in [-0.2, 0) is 12.1 Å². The highest BCUT2D eigenvalue weighted by atomic mass is 127. The molecule has 0 fully saturated rings. The topological polar surface area (TPSA) is 56.7 Å². The summed E-state index contributed by atoms with van der Waals surface area (Å²) in [6, 6.07) is 10.3. The predicted octanol–water partition coefficient (Wildman–Crippen LogP) is 3.64. The number of guanidine groups is 1. The summed E-state index contributed by atoms with van der Waals surface area (Å²) in [5, 5.41) is 20.9. The van der Waals surface area contributed by atoms with Gasteiger partial charge in [0.2, 0.25) is 0 Å². The van der Waals surface area contributed by atoms with Crippen LogP contribution in [0.15, 0.2) is 46.1 Å². The summed E-state index contributed by atoms with van der Waals surface area (Å²) in [5.74, 6) is 0.712. The molecule has 132 valence electrons. The first kappa shape index (κ1) is 20.9. The number of thiophene rings is 1. The molecular weight excluding hydrogens is 433 g/mol. The van der Waals surface area contributed by atoms with Crippen molar-refractivity contribution in [2.45, 2.75) is 32.9 Å². The van der Waals surface area contributed by atoms with Crippen molar-refractivity contribution in [1.29, 1.82) is 0 Å². The molecule has 6 heteroatoms. The van der Waals surface area contributed by atoms with Gasteiger partial charge in [-0.3, -0.25) is 0 Å². The summed E-state index contributed by atoms with van der Waals surface area (Å²) in [4.78, 5) is 4.58. The van der Waals surface area contributed by atoms with E-state index in [0.29, 0.717) is 19.0 Å². The van der Waals surface area contributed by atoms with Crippen molar-refractivity contribution in [3.05, 3.63) is 57.8 Å². The van der Waals surface area contributed by atoms with Gasteiger partial charge in [0, 0.05) is 6.54 Å². The molecule has 0 radical (unpaired) electrons. The highest BCUT2D eigenvalue weighted by Gasteiger charge is 2.23. The number of rotatable bonds is 6. The summed E-state index contributed by atoms with van der Waals surface area (Å²) in [6.45, 7) is 7.71. The first-order chi connectivity index (χ1) is 11.0. The molecule has 4 nitrogen and oxygen atoms in total. The lowest BCUT2D eigenvalue weighted by Crippen LogP contribution is -2.44. The molecule has 0 saturated carbocycles. The molecular formula is C18H26IN3OS. The van der Waals surface area contributed by atoms with Crippen molar-refractivity contribution in [1.82, 2.24) is 10.6 Å². The van der Waals surface area contributed by atoms with Crippen LogP contribution >= 0.6 is 35.3 Å². The molecule has 0 aliphatic carbocycles. The normalized spacial score (nSPS) is 13.8. The molecule has 1 aromatic heterocycles. The number of nitrogens with zero attached hydrogens (tertiary/aromatic N) is 1. The smallest absolute Gasteiger partial charge is 0.191 e. The van der Waals surface area contributed by atoms with Gasteiger partial charge in [-0.05, 0) is 48.7 Å². The first-order valence-electron chi connectivity index (χ1n) is 7.84. The van der Waals surface area contributed by atoms with Crippen LogP contribution in [0.5, 0.6) is 0 Å². The zero-order valence-corrected chi connectivity index (χ0v) is 17.5. The first-order valence-corrected chi connectivity index (χ1v) is 8.78. The third-order valence-electron chi connectivity index (χ3n) is 3.63. The van der Waals surface area contributed by atoms with Crippen LogP contribution in [0.25, 0.3) is 0 Å². The van der Waals surface area contributed by atoms with E-state index < -0.39 is 5.60 Å². The Bertz CT molecular complexity index is 624. The minimum Gasteiger partial charge on any atom is -0.384 e. The number of nitrogens with one attached hydrogen (secondary N) is 2. The number of benzene rings is 1. The van der Waals surface area contributed by atoms with E-state index in [2.05, 4.69) is 46.8 Å². The molecule has 1 atom stereocenters. The van der Waals surface area contributed by atoms with Crippen LogP contribution in [0.1, 0.15) is 30.5 Å². The van der Waals surface area contributed by atoms with E-state index in [1.54, 1.807) is 11.3 Å². The summed E-state index contributed by atoms with van der Waals surface area (Å²) in [7, 11) is 0. The lowest BCUT2D eigenvalue weighted by Gasteiger charge is -2.24. The maximum atomic E-state index is 10.6. The monoisotopic (exact) mass is 459 g/mol. The van der Waals surface area contributed by atoms with Crippen molar-refractivity contribution in [2.24, 2.45) is 4.99 Å². The van der Waals surface area contributed by atoms with E-state index in [9.17, 15) is 5.11 Å². The van der Waals surface area contributed by atoms with Crippen LogP contribution in [0.3, 0.4) is 0 Å². The van der Waals surface area contributed by atoms with Crippen LogP contribution in [0.4, 0.5) is 0 Å². The second kappa shape index (κ2) is 10.0. The van der Waals surface area contributed by atoms with Crippen molar-refractivity contribution in [2.75, 3.05) is 13.1 Å². The maximum Gasteiger partial charge on any atom is 0.191 e. The molecule has 1 heterocycles. The van der Waals surface area contributed by atoms with E-state index in [1.165, 1.54) is 5.56 Å². The third kappa shape index (κ3) is 6.41. The zero-order valence-electron chi connectivity index (χ0n) is 14.4. The number of hydrogen-bond acceptors (Lipinski definition) is 3. The summed E-state index contributed by atoms with van der Waals surface area (Å²) < 4.78 is 0. The second-order valence-corrected chi connectivity index (χ2v) is 6.60. The highest BCUT2D eigenvalue weighted by molar-refractivity contribution is 14.0. The lowest BCUT2D eigenvalue weighted by molar-refractivity contribution is 0.0621. The molecule has 0 saturated heterocycles. The van der Waals surface area contributed by atoms with E-state index in [0.717, 1.165) is 17.7 Å². The molecule has 0 amide bonds. The van der Waals surface area contributed by atoms with Gasteiger partial charge >= 0.3 is 0 Å². The van der Waals surface area contributed by atoms with Gasteiger partial charge in [0.25, 0.3) is 0 Å². The molecule has 0 bridgehead atoms. The predicted molar refractivity (Wildman–Crippen MR) is 113 cm³/mol. The summed E-state index contributed by atoms with van der Waals surface area (Å²) >= 11 is 1.59. The Balaban J connectivity index is 0.00000288. The largest absolute Gasteiger partial charge is 0.384 e. The van der Waals surface area contributed by atoms with Crippen molar-refractivity contribution >= 4 is 41.3 Å². The van der Waals surface area contributed by atoms with Crippen LogP contribution in [0.2, 0.25) is 0 Å². The Labute approximate surface area is 165 Å². The molecule has 0 aliphatic heterocycles. The van der Waals surface area contributed by atoms with Gasteiger partial charge in [-0.2, -0.15) is 11.3 Å². The van der Waals surface area contributed by atoms with Gasteiger partial charge in [0.1, 0.15) is 5.60 Å². The standard InChI is InChI=1S/C18H25N3OS.HI/c1-4-19-17(20-11-15-7-5-14(2)6-8-15)21-13-18(3,22)16-9-10-23-12-16;/h5-10,12,22H,4,11,13H2,1-3H3,(H2,19,20,21);1H. The number of halogens is 1. The number of aryl methyl sites for hydroxylation is 1. The molecule has 0 aliphatic rings. The fourth-order valence-electron chi connectivity index (χ4n) is 2.13. The lowest BCUT2D eigenvalue weighted by atomic mass is 9.99. The number of aliphatic imine (C=N–C) groups is 1.